The Hall–Kier alpha value is -3.04. The predicted molar refractivity (Wildman–Crippen MR) is 121 cm³/mol. The molecule has 0 saturated carbocycles. The maximum absolute atomic E-state index is 12.6. The molecule has 2 amide bonds. The Balaban J connectivity index is 1.34. The second-order valence-corrected chi connectivity index (χ2v) is 8.40. The van der Waals surface area contributed by atoms with Gasteiger partial charge in [0.2, 0.25) is 0 Å². The normalized spacial score (nSPS) is 13.8. The summed E-state index contributed by atoms with van der Waals surface area (Å²) in [6.45, 7) is 2.80. The number of hydrogen-bond acceptors (Lipinski definition) is 6. The molecule has 1 fully saturated rings. The number of likely N-dealkylation sites (N-methyl/N-ethyl adjacent to an activating group) is 1. The van der Waals surface area contributed by atoms with E-state index in [9.17, 15) is 9.59 Å². The molecular weight excluding hydrogens is 476 g/mol. The third kappa shape index (κ3) is 5.23. The lowest BCUT2D eigenvalue weighted by Gasteiger charge is -2.26. The lowest BCUT2D eigenvalue weighted by Crippen LogP contribution is -2.40. The molecule has 1 aliphatic heterocycles. The van der Waals surface area contributed by atoms with Crippen LogP contribution < -0.4 is 0 Å². The van der Waals surface area contributed by atoms with Crippen molar-refractivity contribution in [2.45, 2.75) is 6.42 Å². The number of ether oxygens (including phenoxy) is 1. The summed E-state index contributed by atoms with van der Waals surface area (Å²) < 4.78 is 11.6. The molecule has 166 valence electrons. The molecule has 0 bridgehead atoms. The summed E-state index contributed by atoms with van der Waals surface area (Å²) in [6.07, 6.45) is 0.468. The summed E-state index contributed by atoms with van der Waals surface area (Å²) in [5, 5.41) is 4.02. The zero-order valence-corrected chi connectivity index (χ0v) is 19.2. The van der Waals surface area contributed by atoms with Crippen molar-refractivity contribution in [3.8, 4) is 11.5 Å². The summed E-state index contributed by atoms with van der Waals surface area (Å²) in [6, 6.07) is 14.4. The number of nitrogens with zero attached hydrogens (tertiary/aromatic N) is 4. The first-order valence-corrected chi connectivity index (χ1v) is 11.1. The van der Waals surface area contributed by atoms with Crippen LogP contribution in [0.15, 0.2) is 57.5 Å². The molecule has 4 rings (SSSR count). The maximum Gasteiger partial charge on any atom is 0.257 e. The number of rotatable bonds is 6. The second-order valence-electron chi connectivity index (χ2n) is 7.48. The molecule has 1 aromatic heterocycles. The Morgan fingerprint density at radius 1 is 1.03 bits per heavy atom. The van der Waals surface area contributed by atoms with E-state index >= 15 is 0 Å². The minimum Gasteiger partial charge on any atom is -0.378 e. The number of carbonyl (C=O) groups is 2. The van der Waals surface area contributed by atoms with Gasteiger partial charge in [-0.25, -0.2) is 0 Å². The zero-order chi connectivity index (χ0) is 22.5. The van der Waals surface area contributed by atoms with E-state index in [0.717, 1.165) is 10.0 Å². The van der Waals surface area contributed by atoms with Crippen molar-refractivity contribution in [2.24, 2.45) is 0 Å². The van der Waals surface area contributed by atoms with E-state index in [2.05, 4.69) is 26.1 Å². The van der Waals surface area contributed by atoms with Crippen LogP contribution in [-0.2, 0) is 11.2 Å². The van der Waals surface area contributed by atoms with Crippen molar-refractivity contribution < 1.29 is 18.8 Å². The molecular formula is C23H23BrN4O4. The molecule has 2 aromatic carbocycles. The van der Waals surface area contributed by atoms with Gasteiger partial charge in [0.05, 0.1) is 13.2 Å². The third-order valence-electron chi connectivity index (χ3n) is 5.25. The van der Waals surface area contributed by atoms with Gasteiger partial charge >= 0.3 is 0 Å². The molecule has 2 heterocycles. The van der Waals surface area contributed by atoms with Crippen molar-refractivity contribution >= 4 is 27.7 Å². The van der Waals surface area contributed by atoms with Gasteiger partial charge in [-0.3, -0.25) is 9.59 Å². The Morgan fingerprint density at radius 2 is 1.69 bits per heavy atom. The highest BCUT2D eigenvalue weighted by Gasteiger charge is 2.19. The molecule has 3 aromatic rings. The van der Waals surface area contributed by atoms with Gasteiger partial charge in [0, 0.05) is 54.3 Å². The SMILES string of the molecule is CN(CCc1noc(-c2ccc(C(=O)N3CCOCC3)cc2)n1)C(=O)c1ccc(Br)cc1. The molecule has 0 aliphatic carbocycles. The average Bonchev–Trinajstić information content (AvgIpc) is 3.32. The van der Waals surface area contributed by atoms with Gasteiger partial charge in [-0.05, 0) is 48.5 Å². The minimum atomic E-state index is -0.0678. The van der Waals surface area contributed by atoms with Crippen molar-refractivity contribution in [2.75, 3.05) is 39.9 Å². The van der Waals surface area contributed by atoms with Crippen LogP contribution in [0.3, 0.4) is 0 Å². The number of amides is 2. The highest BCUT2D eigenvalue weighted by molar-refractivity contribution is 9.10. The van der Waals surface area contributed by atoms with Crippen LogP contribution in [-0.4, -0.2) is 71.7 Å². The highest BCUT2D eigenvalue weighted by atomic mass is 79.9. The van der Waals surface area contributed by atoms with E-state index in [0.29, 0.717) is 62.1 Å². The highest BCUT2D eigenvalue weighted by Crippen LogP contribution is 2.19. The van der Waals surface area contributed by atoms with Crippen molar-refractivity contribution in [3.05, 3.63) is 70.0 Å². The van der Waals surface area contributed by atoms with E-state index in [1.165, 1.54) is 0 Å². The van der Waals surface area contributed by atoms with E-state index in [4.69, 9.17) is 9.26 Å². The second kappa shape index (κ2) is 10.1. The van der Waals surface area contributed by atoms with Crippen LogP contribution >= 0.6 is 15.9 Å². The minimum absolute atomic E-state index is 0.00968. The standard InChI is InChI=1S/C23H23BrN4O4/c1-27(22(29)17-6-8-19(24)9-7-17)11-10-20-25-21(32-26-20)16-2-4-18(5-3-16)23(30)28-12-14-31-15-13-28/h2-9H,10-15H2,1H3. The smallest absolute Gasteiger partial charge is 0.257 e. The Bertz CT molecular complexity index is 1080. The lowest BCUT2D eigenvalue weighted by atomic mass is 10.1. The third-order valence-corrected chi connectivity index (χ3v) is 5.78. The lowest BCUT2D eigenvalue weighted by molar-refractivity contribution is 0.0303. The fourth-order valence-corrected chi connectivity index (χ4v) is 3.62. The number of halogens is 1. The quantitative estimate of drug-likeness (QED) is 0.518. The van der Waals surface area contributed by atoms with Crippen LogP contribution in [0.2, 0.25) is 0 Å². The Morgan fingerprint density at radius 3 is 2.38 bits per heavy atom. The van der Waals surface area contributed by atoms with Crippen LogP contribution in [0.4, 0.5) is 0 Å². The van der Waals surface area contributed by atoms with Crippen molar-refractivity contribution in [1.29, 1.82) is 0 Å². The molecule has 0 radical (unpaired) electrons. The van der Waals surface area contributed by atoms with Crippen LogP contribution in [0.1, 0.15) is 26.5 Å². The maximum atomic E-state index is 12.6. The summed E-state index contributed by atoms with van der Waals surface area (Å²) >= 11 is 3.37. The number of aromatic nitrogens is 2. The molecule has 1 saturated heterocycles. The molecule has 0 N–H and O–H groups in total. The van der Waals surface area contributed by atoms with Crippen LogP contribution in [0.25, 0.3) is 11.5 Å². The first kappa shape index (κ1) is 22.2. The molecule has 0 atom stereocenters. The molecule has 0 spiro atoms. The van der Waals surface area contributed by atoms with Gasteiger partial charge < -0.3 is 19.1 Å². The fourth-order valence-electron chi connectivity index (χ4n) is 3.36. The van der Waals surface area contributed by atoms with E-state index in [-0.39, 0.29) is 11.8 Å². The number of hydrogen-bond donors (Lipinski definition) is 0. The summed E-state index contributed by atoms with van der Waals surface area (Å²) in [5.41, 5.74) is 1.97. The molecule has 32 heavy (non-hydrogen) atoms. The van der Waals surface area contributed by atoms with Crippen LogP contribution in [0, 0.1) is 0 Å². The van der Waals surface area contributed by atoms with Gasteiger partial charge in [0.15, 0.2) is 5.82 Å². The Labute approximate surface area is 194 Å². The zero-order valence-electron chi connectivity index (χ0n) is 17.7. The monoisotopic (exact) mass is 498 g/mol. The largest absolute Gasteiger partial charge is 0.378 e. The first-order chi connectivity index (χ1) is 15.5. The first-order valence-electron chi connectivity index (χ1n) is 10.3. The summed E-state index contributed by atoms with van der Waals surface area (Å²) in [4.78, 5) is 32.9. The van der Waals surface area contributed by atoms with Gasteiger partial charge in [-0.15, -0.1) is 0 Å². The van der Waals surface area contributed by atoms with Crippen molar-refractivity contribution in [1.82, 2.24) is 19.9 Å². The van der Waals surface area contributed by atoms with E-state index < -0.39 is 0 Å². The Kier molecular flexibility index (Phi) is 6.96. The number of benzene rings is 2. The molecule has 9 heteroatoms. The molecule has 8 nitrogen and oxygen atoms in total. The van der Waals surface area contributed by atoms with Crippen LogP contribution in [0.5, 0.6) is 0 Å². The number of morpholine rings is 1. The predicted octanol–water partition coefficient (Wildman–Crippen LogP) is 3.29. The average molecular weight is 499 g/mol. The fraction of sp³-hybridized carbons (Fsp3) is 0.304. The van der Waals surface area contributed by atoms with E-state index in [1.54, 1.807) is 53.2 Å². The van der Waals surface area contributed by atoms with Gasteiger partial charge in [-0.1, -0.05) is 21.1 Å². The number of carbonyl (C=O) groups excluding carboxylic acids is 2. The molecule has 1 aliphatic rings. The topological polar surface area (TPSA) is 88.8 Å². The summed E-state index contributed by atoms with van der Waals surface area (Å²) in [5.74, 6) is 0.822. The van der Waals surface area contributed by atoms with Gasteiger partial charge in [-0.2, -0.15) is 4.98 Å². The van der Waals surface area contributed by atoms with E-state index in [1.807, 2.05) is 12.1 Å². The summed E-state index contributed by atoms with van der Waals surface area (Å²) in [7, 11) is 1.75. The van der Waals surface area contributed by atoms with Gasteiger partial charge in [0.25, 0.3) is 17.7 Å². The molecule has 0 unspecified atom stereocenters. The van der Waals surface area contributed by atoms with Gasteiger partial charge in [0.1, 0.15) is 0 Å². The van der Waals surface area contributed by atoms with Crippen molar-refractivity contribution in [3.63, 3.8) is 0 Å².